The van der Waals surface area contributed by atoms with Crippen LogP contribution in [-0.4, -0.2) is 51.3 Å². The van der Waals surface area contributed by atoms with Gasteiger partial charge in [0, 0.05) is 0 Å². The highest BCUT2D eigenvalue weighted by Crippen LogP contribution is 2.51. The number of carbonyl (C=O) groups excluding carboxylic acids is 1. The first-order chi connectivity index (χ1) is 13.1. The summed E-state index contributed by atoms with van der Waals surface area (Å²) in [6.07, 6.45) is 0.851. The minimum Gasteiger partial charge on any atom is -0.438 e. The second-order valence-electron chi connectivity index (χ2n) is 7.29. The van der Waals surface area contributed by atoms with Crippen molar-refractivity contribution in [3.05, 3.63) is 6.33 Å². The fourth-order valence-corrected chi connectivity index (χ4v) is 3.60. The molecular formula is C15H23N6O6P. The van der Waals surface area contributed by atoms with Crippen LogP contribution < -0.4 is 11.5 Å². The molecule has 0 saturated carbocycles. The zero-order chi connectivity index (χ0) is 20.5. The molecule has 0 amide bonds. The Morgan fingerprint density at radius 1 is 1.39 bits per heavy atom. The van der Waals surface area contributed by atoms with Gasteiger partial charge >= 0.3 is 13.6 Å². The van der Waals surface area contributed by atoms with Gasteiger partial charge in [-0.05, 0) is 20.8 Å². The summed E-state index contributed by atoms with van der Waals surface area (Å²) in [5.74, 6) is -0.248. The number of nitrogens with zero attached hydrogens (tertiary/aromatic N) is 4. The lowest BCUT2D eigenvalue weighted by Crippen LogP contribution is -2.31. The lowest BCUT2D eigenvalue weighted by Gasteiger charge is -2.29. The van der Waals surface area contributed by atoms with Gasteiger partial charge < -0.3 is 30.0 Å². The van der Waals surface area contributed by atoms with E-state index in [0.717, 1.165) is 0 Å². The van der Waals surface area contributed by atoms with Gasteiger partial charge in [-0.1, -0.05) is 0 Å². The molecule has 2 aromatic rings. The van der Waals surface area contributed by atoms with E-state index in [1.165, 1.54) is 6.33 Å². The highest BCUT2D eigenvalue weighted by Gasteiger charge is 2.34. The molecule has 3 heterocycles. The van der Waals surface area contributed by atoms with Gasteiger partial charge in [0.1, 0.15) is 18.0 Å². The maximum Gasteiger partial charge on any atom is 0.359 e. The highest BCUT2D eigenvalue weighted by atomic mass is 31.2. The first-order valence-electron chi connectivity index (χ1n) is 8.48. The number of aromatic nitrogens is 4. The Balaban J connectivity index is 1.54. The SMILES string of the molecule is CC(C)(C)C(=O)OCO[P@]1(=O)CO[C@@H](Cn2cnc3c(N)nc(N)nc32)CO1. The van der Waals surface area contributed by atoms with Crippen LogP contribution in [0.1, 0.15) is 20.8 Å². The number of esters is 1. The van der Waals surface area contributed by atoms with Gasteiger partial charge in [-0.15, -0.1) is 0 Å². The minimum atomic E-state index is -3.50. The van der Waals surface area contributed by atoms with Crippen LogP contribution in [0.5, 0.6) is 0 Å². The molecule has 13 heteroatoms. The molecule has 3 rings (SSSR count). The third-order valence-corrected chi connectivity index (χ3v) is 5.39. The summed E-state index contributed by atoms with van der Waals surface area (Å²) in [7, 11) is -3.50. The predicted molar refractivity (Wildman–Crippen MR) is 98.9 cm³/mol. The van der Waals surface area contributed by atoms with Gasteiger partial charge in [-0.3, -0.25) is 13.9 Å². The summed E-state index contributed by atoms with van der Waals surface area (Å²) >= 11 is 0. The Hall–Kier alpha value is -2.27. The van der Waals surface area contributed by atoms with Crippen LogP contribution in [0.2, 0.25) is 0 Å². The van der Waals surface area contributed by atoms with Crippen molar-refractivity contribution in [2.24, 2.45) is 5.41 Å². The van der Waals surface area contributed by atoms with Crippen LogP contribution >= 0.6 is 7.60 Å². The lowest BCUT2D eigenvalue weighted by atomic mass is 9.98. The van der Waals surface area contributed by atoms with Gasteiger partial charge in [0.25, 0.3) is 0 Å². The van der Waals surface area contributed by atoms with E-state index in [1.54, 1.807) is 25.3 Å². The summed E-state index contributed by atoms with van der Waals surface area (Å²) in [6, 6.07) is 0. The fraction of sp³-hybridized carbons (Fsp3) is 0.600. The van der Waals surface area contributed by atoms with Crippen LogP contribution in [0.4, 0.5) is 11.8 Å². The molecule has 1 saturated heterocycles. The summed E-state index contributed by atoms with van der Waals surface area (Å²) in [5, 5.41) is 0. The lowest BCUT2D eigenvalue weighted by molar-refractivity contribution is -0.160. The van der Waals surface area contributed by atoms with E-state index < -0.39 is 31.9 Å². The number of fused-ring (bicyclic) bond motifs is 1. The largest absolute Gasteiger partial charge is 0.438 e. The summed E-state index contributed by atoms with van der Waals surface area (Å²) in [5.41, 5.74) is 11.6. The van der Waals surface area contributed by atoms with E-state index in [-0.39, 0.29) is 24.7 Å². The van der Waals surface area contributed by atoms with Crippen molar-refractivity contribution in [2.45, 2.75) is 33.4 Å². The van der Waals surface area contributed by atoms with E-state index in [2.05, 4.69) is 15.0 Å². The van der Waals surface area contributed by atoms with Crippen molar-refractivity contribution >= 4 is 36.5 Å². The Kier molecular flexibility index (Phi) is 5.57. The topological polar surface area (TPSA) is 167 Å². The molecule has 2 atom stereocenters. The van der Waals surface area contributed by atoms with Crippen LogP contribution in [0.25, 0.3) is 11.2 Å². The second-order valence-corrected chi connectivity index (χ2v) is 9.29. The van der Waals surface area contributed by atoms with Crippen molar-refractivity contribution in [2.75, 3.05) is 31.2 Å². The zero-order valence-corrected chi connectivity index (χ0v) is 16.7. The maximum atomic E-state index is 12.5. The summed E-state index contributed by atoms with van der Waals surface area (Å²) in [4.78, 5) is 23.8. The quantitative estimate of drug-likeness (QED) is 0.409. The van der Waals surface area contributed by atoms with E-state index in [4.69, 9.17) is 30.0 Å². The van der Waals surface area contributed by atoms with Crippen LogP contribution in [0, 0.1) is 5.41 Å². The van der Waals surface area contributed by atoms with E-state index in [0.29, 0.717) is 17.7 Å². The number of imidazole rings is 1. The van der Waals surface area contributed by atoms with Crippen molar-refractivity contribution < 1.29 is 27.9 Å². The minimum absolute atomic E-state index is 0.0141. The number of nitrogen functional groups attached to an aromatic ring is 2. The van der Waals surface area contributed by atoms with Gasteiger partial charge in [-0.2, -0.15) is 9.97 Å². The summed E-state index contributed by atoms with van der Waals surface area (Å²) in [6.45, 7) is 4.98. The van der Waals surface area contributed by atoms with Crippen LogP contribution in [0.3, 0.4) is 0 Å². The molecule has 1 fully saturated rings. The average Bonchev–Trinajstić information content (AvgIpc) is 2.99. The standard InChI is InChI=1S/C15H23N6O6P/c1-15(2,3)13(22)24-7-27-28(23)8-25-9(5-26-28)4-21-6-18-10-11(16)19-14(17)20-12(10)21/h6,9H,4-5,7-8H2,1-3H3,(H4,16,17,19,20)/t9-,28-/m0/s1. The molecular weight excluding hydrogens is 391 g/mol. The van der Waals surface area contributed by atoms with E-state index >= 15 is 0 Å². The number of carbonyl (C=O) groups is 1. The first-order valence-corrected chi connectivity index (χ1v) is 10.2. The molecule has 0 aliphatic carbocycles. The Bertz CT molecular complexity index is 914. The number of nitrogens with two attached hydrogens (primary N) is 2. The monoisotopic (exact) mass is 414 g/mol. The molecule has 0 bridgehead atoms. The normalized spacial score (nSPS) is 23.0. The highest BCUT2D eigenvalue weighted by molar-refractivity contribution is 7.53. The third-order valence-electron chi connectivity index (χ3n) is 3.89. The average molecular weight is 414 g/mol. The number of ether oxygens (including phenoxy) is 2. The Morgan fingerprint density at radius 3 is 2.79 bits per heavy atom. The molecule has 1 aliphatic heterocycles. The van der Waals surface area contributed by atoms with Crippen LogP contribution in [-0.2, 0) is 34.4 Å². The van der Waals surface area contributed by atoms with E-state index in [1.807, 2.05) is 0 Å². The first kappa shape index (κ1) is 20.5. The van der Waals surface area contributed by atoms with Gasteiger partial charge in [0.05, 0.1) is 24.9 Å². The molecule has 154 valence electrons. The molecule has 0 spiro atoms. The van der Waals surface area contributed by atoms with Crippen molar-refractivity contribution in [1.29, 1.82) is 0 Å². The van der Waals surface area contributed by atoms with Crippen molar-refractivity contribution in [3.63, 3.8) is 0 Å². The zero-order valence-electron chi connectivity index (χ0n) is 15.8. The third kappa shape index (κ3) is 4.58. The maximum absolute atomic E-state index is 12.5. The molecule has 12 nitrogen and oxygen atoms in total. The fourth-order valence-electron chi connectivity index (χ4n) is 2.37. The molecule has 0 aromatic carbocycles. The van der Waals surface area contributed by atoms with Crippen LogP contribution in [0.15, 0.2) is 6.33 Å². The predicted octanol–water partition coefficient (Wildman–Crippen LogP) is 1.12. The van der Waals surface area contributed by atoms with E-state index in [9.17, 15) is 9.36 Å². The molecule has 28 heavy (non-hydrogen) atoms. The van der Waals surface area contributed by atoms with Gasteiger partial charge in [0.15, 0.2) is 11.5 Å². The number of rotatable bonds is 5. The smallest absolute Gasteiger partial charge is 0.359 e. The van der Waals surface area contributed by atoms with Gasteiger partial charge in [0.2, 0.25) is 12.7 Å². The number of hydrogen-bond donors (Lipinski definition) is 2. The number of hydrogen-bond acceptors (Lipinski definition) is 11. The second kappa shape index (κ2) is 7.63. The Morgan fingerprint density at radius 2 is 2.14 bits per heavy atom. The Labute approximate surface area is 161 Å². The van der Waals surface area contributed by atoms with Crippen molar-refractivity contribution in [1.82, 2.24) is 19.5 Å². The molecule has 0 radical (unpaired) electrons. The molecule has 4 N–H and O–H groups in total. The molecule has 2 aromatic heterocycles. The molecule has 0 unspecified atom stereocenters. The summed E-state index contributed by atoms with van der Waals surface area (Å²) < 4.78 is 35.2. The number of anilines is 2. The van der Waals surface area contributed by atoms with Gasteiger partial charge in [-0.25, -0.2) is 4.98 Å². The molecule has 1 aliphatic rings. The van der Waals surface area contributed by atoms with Crippen molar-refractivity contribution in [3.8, 4) is 0 Å².